The van der Waals surface area contributed by atoms with Crippen LogP contribution in [-0.4, -0.2) is 47.2 Å². The highest BCUT2D eigenvalue weighted by atomic mass is 16.2. The van der Waals surface area contributed by atoms with Gasteiger partial charge in [-0.3, -0.25) is 9.79 Å². The zero-order valence-corrected chi connectivity index (χ0v) is 14.4. The van der Waals surface area contributed by atoms with Crippen LogP contribution in [0.4, 0.5) is 0 Å². The number of fused-ring (bicyclic) bond motifs is 1. The van der Waals surface area contributed by atoms with Gasteiger partial charge in [0.2, 0.25) is 0 Å². The molecule has 0 unspecified atom stereocenters. The molecule has 1 amide bonds. The number of imidazole rings is 1. The number of benzene rings is 1. The zero-order chi connectivity index (χ0) is 17.7. The first-order valence-corrected chi connectivity index (χ1v) is 7.69. The van der Waals surface area contributed by atoms with E-state index >= 15 is 0 Å². The number of carbonyl (C=O) groups excluding carboxylic acids is 1. The Hall–Kier alpha value is -2.89. The average molecular weight is 325 g/mol. The zero-order valence-electron chi connectivity index (χ0n) is 14.4. The summed E-state index contributed by atoms with van der Waals surface area (Å²) in [5.74, 6) is 0.901. The maximum absolute atomic E-state index is 12.1. The van der Waals surface area contributed by atoms with Gasteiger partial charge in [0.15, 0.2) is 0 Å². The van der Waals surface area contributed by atoms with Gasteiger partial charge in [-0.1, -0.05) is 6.58 Å². The molecule has 0 saturated heterocycles. The third kappa shape index (κ3) is 3.90. The lowest BCUT2D eigenvalue weighted by atomic mass is 10.2. The summed E-state index contributed by atoms with van der Waals surface area (Å²) in [6.45, 7) is 4.19. The third-order valence-corrected chi connectivity index (χ3v) is 3.70. The molecule has 1 heterocycles. The molecule has 1 aromatic carbocycles. The predicted octanol–water partition coefficient (Wildman–Crippen LogP) is 1.92. The molecule has 2 N–H and O–H groups in total. The Morgan fingerprint density at radius 3 is 2.88 bits per heavy atom. The average Bonchev–Trinajstić information content (AvgIpc) is 2.89. The van der Waals surface area contributed by atoms with Crippen LogP contribution in [0.5, 0.6) is 0 Å². The van der Waals surface area contributed by atoms with Crippen LogP contribution in [0.1, 0.15) is 16.2 Å². The van der Waals surface area contributed by atoms with Gasteiger partial charge < -0.3 is 15.2 Å². The van der Waals surface area contributed by atoms with Crippen molar-refractivity contribution in [2.45, 2.75) is 6.42 Å². The van der Waals surface area contributed by atoms with E-state index in [9.17, 15) is 4.79 Å². The van der Waals surface area contributed by atoms with Crippen LogP contribution in [0.25, 0.3) is 11.0 Å². The number of nitrogens with two attached hydrogens (primary N) is 1. The van der Waals surface area contributed by atoms with E-state index in [0.29, 0.717) is 24.2 Å². The van der Waals surface area contributed by atoms with E-state index in [1.807, 2.05) is 29.8 Å². The van der Waals surface area contributed by atoms with E-state index in [4.69, 9.17) is 5.73 Å². The molecule has 0 spiro atoms. The fraction of sp³-hybridized carbons (Fsp3) is 0.278. The Kier molecular flexibility index (Phi) is 5.52. The van der Waals surface area contributed by atoms with Gasteiger partial charge in [0.05, 0.1) is 11.0 Å². The van der Waals surface area contributed by atoms with E-state index < -0.39 is 0 Å². The molecule has 2 rings (SSSR count). The molecule has 0 bridgehead atoms. The lowest BCUT2D eigenvalue weighted by molar-refractivity contribution is 0.0827. The van der Waals surface area contributed by atoms with Crippen molar-refractivity contribution in [3.63, 3.8) is 0 Å². The van der Waals surface area contributed by atoms with Crippen molar-refractivity contribution in [3.05, 3.63) is 54.0 Å². The van der Waals surface area contributed by atoms with Crippen LogP contribution in [0.15, 0.2) is 47.6 Å². The third-order valence-electron chi connectivity index (χ3n) is 3.70. The SMILES string of the molecule is C=C/C(N)=C\C=NCCc1nc2cc(C(=O)N(C)C)ccc2n1C. The number of amides is 1. The van der Waals surface area contributed by atoms with Gasteiger partial charge in [0.25, 0.3) is 5.91 Å². The maximum atomic E-state index is 12.1. The lowest BCUT2D eigenvalue weighted by Gasteiger charge is -2.09. The number of rotatable bonds is 6. The minimum absolute atomic E-state index is 0.0275. The summed E-state index contributed by atoms with van der Waals surface area (Å²) >= 11 is 0. The fourth-order valence-electron chi connectivity index (χ4n) is 2.31. The number of allylic oxidation sites excluding steroid dienone is 2. The van der Waals surface area contributed by atoms with Crippen LogP contribution >= 0.6 is 0 Å². The topological polar surface area (TPSA) is 76.5 Å². The molecule has 0 saturated carbocycles. The number of aromatic nitrogens is 2. The molecule has 0 radical (unpaired) electrons. The molecular weight excluding hydrogens is 302 g/mol. The van der Waals surface area contributed by atoms with Gasteiger partial charge in [0, 0.05) is 51.6 Å². The highest BCUT2D eigenvalue weighted by molar-refractivity contribution is 5.97. The van der Waals surface area contributed by atoms with Gasteiger partial charge in [-0.25, -0.2) is 4.98 Å². The number of hydrogen-bond acceptors (Lipinski definition) is 4. The smallest absolute Gasteiger partial charge is 0.253 e. The molecule has 1 aromatic heterocycles. The van der Waals surface area contributed by atoms with Crippen LogP contribution in [0.3, 0.4) is 0 Å². The molecule has 2 aromatic rings. The summed E-state index contributed by atoms with van der Waals surface area (Å²) in [4.78, 5) is 22.5. The molecule has 0 fully saturated rings. The second-order valence-corrected chi connectivity index (χ2v) is 5.67. The maximum Gasteiger partial charge on any atom is 0.253 e. The molecule has 6 heteroatoms. The van der Waals surface area contributed by atoms with E-state index in [0.717, 1.165) is 16.9 Å². The van der Waals surface area contributed by atoms with Crippen molar-refractivity contribution < 1.29 is 4.79 Å². The van der Waals surface area contributed by atoms with Gasteiger partial charge in [-0.2, -0.15) is 0 Å². The molecular formula is C18H23N5O. The summed E-state index contributed by atoms with van der Waals surface area (Å²) in [6, 6.07) is 5.59. The fourth-order valence-corrected chi connectivity index (χ4v) is 2.31. The predicted molar refractivity (Wildman–Crippen MR) is 98.3 cm³/mol. The molecule has 126 valence electrons. The van der Waals surface area contributed by atoms with Crippen molar-refractivity contribution in [1.29, 1.82) is 0 Å². The minimum atomic E-state index is -0.0275. The first-order valence-electron chi connectivity index (χ1n) is 7.69. The van der Waals surface area contributed by atoms with Crippen molar-refractivity contribution >= 4 is 23.2 Å². The first kappa shape index (κ1) is 17.5. The second kappa shape index (κ2) is 7.59. The highest BCUT2D eigenvalue weighted by Gasteiger charge is 2.12. The van der Waals surface area contributed by atoms with Crippen LogP contribution in [-0.2, 0) is 13.5 Å². The van der Waals surface area contributed by atoms with E-state index in [-0.39, 0.29) is 5.91 Å². The highest BCUT2D eigenvalue weighted by Crippen LogP contribution is 2.18. The molecule has 6 nitrogen and oxygen atoms in total. The Bertz CT molecular complexity index is 814. The Labute approximate surface area is 142 Å². The lowest BCUT2D eigenvalue weighted by Crippen LogP contribution is -2.21. The Morgan fingerprint density at radius 1 is 1.46 bits per heavy atom. The standard InChI is InChI=1S/C18H23N5O/c1-5-14(19)8-10-20-11-9-17-21-15-12-13(18(24)22(2)3)6-7-16(15)23(17)4/h5-8,10,12H,1,9,11,19H2,2-4H3/b14-8+,20-10?. The van der Waals surface area contributed by atoms with Gasteiger partial charge in [-0.05, 0) is 30.4 Å². The summed E-state index contributed by atoms with van der Waals surface area (Å²) in [7, 11) is 5.45. The van der Waals surface area contributed by atoms with E-state index in [1.165, 1.54) is 0 Å². The summed E-state index contributed by atoms with van der Waals surface area (Å²) < 4.78 is 2.03. The van der Waals surface area contributed by atoms with Crippen LogP contribution in [0.2, 0.25) is 0 Å². The number of aliphatic imine (C=N–C) groups is 1. The number of nitrogens with zero attached hydrogens (tertiary/aromatic N) is 4. The molecule has 24 heavy (non-hydrogen) atoms. The van der Waals surface area contributed by atoms with Crippen molar-refractivity contribution in [3.8, 4) is 0 Å². The van der Waals surface area contributed by atoms with Crippen LogP contribution < -0.4 is 5.73 Å². The van der Waals surface area contributed by atoms with Gasteiger partial charge in [-0.15, -0.1) is 0 Å². The summed E-state index contributed by atoms with van der Waals surface area (Å²) in [5, 5.41) is 0. The normalized spacial score (nSPS) is 12.0. The second-order valence-electron chi connectivity index (χ2n) is 5.67. The van der Waals surface area contributed by atoms with Gasteiger partial charge in [0.1, 0.15) is 5.82 Å². The summed E-state index contributed by atoms with van der Waals surface area (Å²) in [5.41, 5.74) is 8.65. The minimum Gasteiger partial charge on any atom is -0.399 e. The Morgan fingerprint density at radius 2 is 2.21 bits per heavy atom. The number of aryl methyl sites for hydroxylation is 1. The van der Waals surface area contributed by atoms with E-state index in [2.05, 4.69) is 16.6 Å². The first-order chi connectivity index (χ1) is 11.4. The quantitative estimate of drug-likeness (QED) is 0.651. The van der Waals surface area contributed by atoms with Crippen LogP contribution in [0, 0.1) is 0 Å². The van der Waals surface area contributed by atoms with Crippen molar-refractivity contribution in [1.82, 2.24) is 14.5 Å². The number of carbonyl (C=O) groups is 1. The molecule has 0 atom stereocenters. The van der Waals surface area contributed by atoms with Gasteiger partial charge >= 0.3 is 0 Å². The number of hydrogen-bond donors (Lipinski definition) is 1. The largest absolute Gasteiger partial charge is 0.399 e. The Balaban J connectivity index is 2.16. The molecule has 0 aliphatic carbocycles. The molecule has 0 aliphatic heterocycles. The summed E-state index contributed by atoms with van der Waals surface area (Å²) in [6.07, 6.45) is 5.67. The van der Waals surface area contributed by atoms with Crippen molar-refractivity contribution in [2.75, 3.05) is 20.6 Å². The van der Waals surface area contributed by atoms with Crippen molar-refractivity contribution in [2.24, 2.45) is 17.8 Å². The molecule has 0 aliphatic rings. The van der Waals surface area contributed by atoms with E-state index in [1.54, 1.807) is 37.4 Å². The monoisotopic (exact) mass is 325 g/mol.